The third kappa shape index (κ3) is 3.89. The van der Waals surface area contributed by atoms with Gasteiger partial charge in [-0.2, -0.15) is 0 Å². The van der Waals surface area contributed by atoms with Crippen LogP contribution in [0.4, 0.5) is 5.69 Å². The van der Waals surface area contributed by atoms with Crippen molar-refractivity contribution in [2.45, 2.75) is 18.9 Å². The first-order valence-electron chi connectivity index (χ1n) is 8.55. The Morgan fingerprint density at radius 3 is 2.69 bits per heavy atom. The van der Waals surface area contributed by atoms with Crippen LogP contribution in [0.15, 0.2) is 36.5 Å². The fourth-order valence-corrected chi connectivity index (χ4v) is 3.57. The molecule has 0 spiro atoms. The molecular formula is C18H21ClN4O3. The van der Waals surface area contributed by atoms with Crippen LogP contribution in [0, 0.1) is 10.1 Å². The Morgan fingerprint density at radius 2 is 2.08 bits per heavy atom. The van der Waals surface area contributed by atoms with Crippen LogP contribution in [0.2, 0.25) is 5.02 Å². The zero-order valence-corrected chi connectivity index (χ0v) is 15.3. The molecule has 26 heavy (non-hydrogen) atoms. The van der Waals surface area contributed by atoms with E-state index in [0.717, 1.165) is 31.6 Å². The van der Waals surface area contributed by atoms with E-state index in [1.807, 2.05) is 19.3 Å². The van der Waals surface area contributed by atoms with Crippen LogP contribution in [0.3, 0.4) is 0 Å². The Balaban J connectivity index is 1.75. The average Bonchev–Trinajstić information content (AvgIpc) is 3.28. The van der Waals surface area contributed by atoms with Gasteiger partial charge in [-0.25, -0.2) is 0 Å². The molecule has 0 aliphatic carbocycles. The predicted molar refractivity (Wildman–Crippen MR) is 99.4 cm³/mol. The van der Waals surface area contributed by atoms with E-state index in [4.69, 9.17) is 11.6 Å². The number of likely N-dealkylation sites (tertiary alicyclic amines) is 1. The molecule has 0 saturated carbocycles. The third-order valence-electron chi connectivity index (χ3n) is 4.77. The highest BCUT2D eigenvalue weighted by Crippen LogP contribution is 2.26. The fourth-order valence-electron chi connectivity index (χ4n) is 3.38. The standard InChI is InChI=1S/C18H21ClN4O3/c1-21-8-4-5-15(21)17(22-9-2-3-10-22)12-20-18(24)13-6-7-14(19)16(11-13)23(25)26/h4-8,11,17H,2-3,9-10,12H2,1H3,(H,20,24). The number of halogens is 1. The minimum Gasteiger partial charge on any atom is -0.353 e. The number of benzene rings is 1. The number of carbonyl (C=O) groups is 1. The lowest BCUT2D eigenvalue weighted by molar-refractivity contribution is -0.384. The normalized spacial score (nSPS) is 15.8. The molecule has 0 bridgehead atoms. The zero-order valence-electron chi connectivity index (χ0n) is 14.5. The van der Waals surface area contributed by atoms with Crippen molar-refractivity contribution in [3.63, 3.8) is 0 Å². The minimum absolute atomic E-state index is 0.0188. The molecule has 1 aromatic heterocycles. The second kappa shape index (κ2) is 7.88. The number of aryl methyl sites for hydroxylation is 1. The van der Waals surface area contributed by atoms with Gasteiger partial charge in [0.05, 0.1) is 11.0 Å². The smallest absolute Gasteiger partial charge is 0.288 e. The summed E-state index contributed by atoms with van der Waals surface area (Å²) in [4.78, 5) is 25.3. The number of hydrogen-bond acceptors (Lipinski definition) is 4. The summed E-state index contributed by atoms with van der Waals surface area (Å²) in [6.45, 7) is 2.43. The largest absolute Gasteiger partial charge is 0.353 e. The maximum absolute atomic E-state index is 12.5. The van der Waals surface area contributed by atoms with Crippen LogP contribution in [-0.4, -0.2) is 39.9 Å². The van der Waals surface area contributed by atoms with Crippen LogP contribution in [-0.2, 0) is 7.05 Å². The van der Waals surface area contributed by atoms with E-state index in [-0.39, 0.29) is 28.2 Å². The average molecular weight is 377 g/mol. The van der Waals surface area contributed by atoms with Crippen molar-refractivity contribution in [2.75, 3.05) is 19.6 Å². The van der Waals surface area contributed by atoms with Crippen molar-refractivity contribution >= 4 is 23.2 Å². The fraction of sp³-hybridized carbons (Fsp3) is 0.389. The lowest BCUT2D eigenvalue weighted by Crippen LogP contribution is -2.37. The molecule has 0 radical (unpaired) electrons. The first kappa shape index (κ1) is 18.4. The molecule has 1 N–H and O–H groups in total. The Bertz CT molecular complexity index is 815. The van der Waals surface area contributed by atoms with E-state index in [1.54, 1.807) is 0 Å². The lowest BCUT2D eigenvalue weighted by atomic mass is 10.1. The number of amides is 1. The van der Waals surface area contributed by atoms with Crippen molar-refractivity contribution in [3.8, 4) is 0 Å². The van der Waals surface area contributed by atoms with Crippen LogP contribution in [0.1, 0.15) is 34.9 Å². The summed E-state index contributed by atoms with van der Waals surface area (Å²) in [6.07, 6.45) is 4.29. The van der Waals surface area contributed by atoms with Gasteiger partial charge >= 0.3 is 0 Å². The molecule has 1 aliphatic rings. The second-order valence-electron chi connectivity index (χ2n) is 6.44. The van der Waals surface area contributed by atoms with E-state index < -0.39 is 4.92 Å². The number of aromatic nitrogens is 1. The minimum atomic E-state index is -0.587. The van der Waals surface area contributed by atoms with Crippen molar-refractivity contribution in [3.05, 3.63) is 62.9 Å². The van der Waals surface area contributed by atoms with Crippen LogP contribution >= 0.6 is 11.6 Å². The molecule has 1 atom stereocenters. The molecule has 1 amide bonds. The maximum atomic E-state index is 12.5. The molecule has 1 aliphatic heterocycles. The molecule has 138 valence electrons. The van der Waals surface area contributed by atoms with Gasteiger partial charge in [0.1, 0.15) is 5.02 Å². The van der Waals surface area contributed by atoms with Crippen LogP contribution < -0.4 is 5.32 Å². The Hall–Kier alpha value is -2.38. The Kier molecular flexibility index (Phi) is 5.58. The van der Waals surface area contributed by atoms with E-state index >= 15 is 0 Å². The summed E-state index contributed by atoms with van der Waals surface area (Å²) < 4.78 is 2.06. The summed E-state index contributed by atoms with van der Waals surface area (Å²) in [7, 11) is 1.99. The van der Waals surface area contributed by atoms with Gasteiger partial charge in [0, 0.05) is 37.1 Å². The number of hydrogen-bond donors (Lipinski definition) is 1. The van der Waals surface area contributed by atoms with Gasteiger partial charge < -0.3 is 9.88 Å². The SMILES string of the molecule is Cn1cccc1C(CNC(=O)c1ccc(Cl)c([N+](=O)[O-])c1)N1CCCC1. The summed E-state index contributed by atoms with van der Waals surface area (Å²) in [5.74, 6) is -0.344. The number of nitro benzene ring substituents is 1. The van der Waals surface area contributed by atoms with Crippen molar-refractivity contribution < 1.29 is 9.72 Å². The monoisotopic (exact) mass is 376 g/mol. The molecule has 1 unspecified atom stereocenters. The van der Waals surface area contributed by atoms with Crippen molar-refractivity contribution in [1.82, 2.24) is 14.8 Å². The molecule has 2 heterocycles. The number of nitrogens with one attached hydrogen (secondary N) is 1. The van der Waals surface area contributed by atoms with E-state index in [2.05, 4.69) is 20.9 Å². The highest BCUT2D eigenvalue weighted by Gasteiger charge is 2.26. The summed E-state index contributed by atoms with van der Waals surface area (Å²) in [5, 5.41) is 13.9. The maximum Gasteiger partial charge on any atom is 0.288 e. The first-order valence-corrected chi connectivity index (χ1v) is 8.92. The number of nitrogens with zero attached hydrogens (tertiary/aromatic N) is 3. The van der Waals surface area contributed by atoms with E-state index in [9.17, 15) is 14.9 Å². The van der Waals surface area contributed by atoms with Crippen molar-refractivity contribution in [2.24, 2.45) is 7.05 Å². The molecule has 3 rings (SSSR count). The highest BCUT2D eigenvalue weighted by molar-refractivity contribution is 6.32. The first-order chi connectivity index (χ1) is 12.5. The topological polar surface area (TPSA) is 80.4 Å². The quantitative estimate of drug-likeness (QED) is 0.620. The predicted octanol–water partition coefficient (Wildman–Crippen LogP) is 3.15. The molecule has 2 aromatic rings. The third-order valence-corrected chi connectivity index (χ3v) is 5.09. The molecule has 1 aromatic carbocycles. The molecule has 7 nitrogen and oxygen atoms in total. The van der Waals surface area contributed by atoms with Gasteiger partial charge in [-0.05, 0) is 50.2 Å². The second-order valence-corrected chi connectivity index (χ2v) is 6.84. The molecular weight excluding hydrogens is 356 g/mol. The van der Waals surface area contributed by atoms with Crippen molar-refractivity contribution in [1.29, 1.82) is 0 Å². The van der Waals surface area contributed by atoms with Gasteiger partial charge in [0.15, 0.2) is 0 Å². The van der Waals surface area contributed by atoms with E-state index in [0.29, 0.717) is 6.54 Å². The van der Waals surface area contributed by atoms with Gasteiger partial charge in [-0.15, -0.1) is 0 Å². The number of nitro groups is 1. The van der Waals surface area contributed by atoms with Crippen LogP contribution in [0.25, 0.3) is 0 Å². The Morgan fingerprint density at radius 1 is 1.35 bits per heavy atom. The van der Waals surface area contributed by atoms with E-state index in [1.165, 1.54) is 18.2 Å². The highest BCUT2D eigenvalue weighted by atomic mass is 35.5. The molecule has 1 saturated heterocycles. The summed E-state index contributed by atoms with van der Waals surface area (Å²) in [5.41, 5.74) is 1.10. The number of carbonyl (C=O) groups excluding carboxylic acids is 1. The van der Waals surface area contributed by atoms with Gasteiger partial charge in [0.25, 0.3) is 11.6 Å². The van der Waals surface area contributed by atoms with Gasteiger partial charge in [-0.3, -0.25) is 19.8 Å². The lowest BCUT2D eigenvalue weighted by Gasteiger charge is -2.28. The van der Waals surface area contributed by atoms with Gasteiger partial charge in [0.2, 0.25) is 0 Å². The summed E-state index contributed by atoms with van der Waals surface area (Å²) >= 11 is 5.81. The van der Waals surface area contributed by atoms with Gasteiger partial charge in [-0.1, -0.05) is 11.6 Å². The molecule has 8 heteroatoms. The zero-order chi connectivity index (χ0) is 18.7. The summed E-state index contributed by atoms with van der Waals surface area (Å²) in [6, 6.07) is 8.21. The number of rotatable bonds is 6. The molecule has 1 fully saturated rings. The van der Waals surface area contributed by atoms with Crippen LogP contribution in [0.5, 0.6) is 0 Å². The Labute approximate surface area is 156 Å².